The molecule has 0 aliphatic carbocycles. The van der Waals surface area contributed by atoms with Crippen molar-refractivity contribution in [3.8, 4) is 0 Å². The number of nitrogens with one attached hydrogen (secondary N) is 1. The number of carbonyl (C=O) groups is 1. The van der Waals surface area contributed by atoms with E-state index in [-0.39, 0.29) is 5.69 Å². The minimum absolute atomic E-state index is 0.0815. The first kappa shape index (κ1) is 14.7. The monoisotopic (exact) mass is 286 g/mol. The number of nitrogens with zero attached hydrogens (tertiary/aromatic N) is 1. The number of nitro groups is 1. The van der Waals surface area contributed by atoms with Crippen LogP contribution in [0.4, 0.5) is 11.4 Å². The fourth-order valence-electron chi connectivity index (χ4n) is 1.94. The number of aliphatic hydroxyl groups is 1. The number of nitro benzene ring substituents is 1. The molecule has 0 aliphatic heterocycles. The molecular formula is C15H14N2O4. The Hall–Kier alpha value is -2.73. The van der Waals surface area contributed by atoms with Crippen LogP contribution in [0.1, 0.15) is 17.2 Å². The molecule has 1 amide bonds. The lowest BCUT2D eigenvalue weighted by Gasteiger charge is -2.13. The molecule has 0 heterocycles. The van der Waals surface area contributed by atoms with E-state index < -0.39 is 16.9 Å². The fourth-order valence-corrected chi connectivity index (χ4v) is 1.94. The highest BCUT2D eigenvalue weighted by atomic mass is 16.6. The van der Waals surface area contributed by atoms with Crippen molar-refractivity contribution >= 4 is 17.3 Å². The first-order valence-corrected chi connectivity index (χ1v) is 6.28. The lowest BCUT2D eigenvalue weighted by molar-refractivity contribution is -0.385. The number of amides is 1. The second kappa shape index (κ2) is 6.15. The second-order valence-corrected chi connectivity index (χ2v) is 4.51. The maximum atomic E-state index is 12.0. The summed E-state index contributed by atoms with van der Waals surface area (Å²) in [6.07, 6.45) is -1.33. The molecule has 0 radical (unpaired) electrons. The first-order chi connectivity index (χ1) is 10.0. The summed E-state index contributed by atoms with van der Waals surface area (Å²) in [5, 5.41) is 23.3. The van der Waals surface area contributed by atoms with Gasteiger partial charge in [0, 0.05) is 6.07 Å². The van der Waals surface area contributed by atoms with Crippen molar-refractivity contribution in [3.63, 3.8) is 0 Å². The van der Waals surface area contributed by atoms with Crippen molar-refractivity contribution in [1.82, 2.24) is 0 Å². The van der Waals surface area contributed by atoms with Crippen LogP contribution < -0.4 is 5.32 Å². The largest absolute Gasteiger partial charge is 0.378 e. The van der Waals surface area contributed by atoms with Gasteiger partial charge in [0.15, 0.2) is 6.10 Å². The number of aliphatic hydroxyl groups excluding tert-OH is 1. The molecule has 0 aromatic heterocycles. The van der Waals surface area contributed by atoms with Gasteiger partial charge in [0.05, 0.1) is 16.2 Å². The number of anilines is 1. The number of hydrogen-bond donors (Lipinski definition) is 2. The van der Waals surface area contributed by atoms with Crippen molar-refractivity contribution in [2.75, 3.05) is 5.32 Å². The Labute approximate surface area is 121 Å². The van der Waals surface area contributed by atoms with Gasteiger partial charge >= 0.3 is 0 Å². The third-order valence-electron chi connectivity index (χ3n) is 3.12. The van der Waals surface area contributed by atoms with E-state index in [1.165, 1.54) is 12.1 Å². The molecule has 21 heavy (non-hydrogen) atoms. The quantitative estimate of drug-likeness (QED) is 0.667. The standard InChI is InChI=1S/C15H14N2O4/c1-10-12(8-5-9-13(10)17(20)21)16-15(19)14(18)11-6-3-2-4-7-11/h2-9,14,18H,1H3,(H,16,19). The summed E-state index contributed by atoms with van der Waals surface area (Å²) >= 11 is 0. The van der Waals surface area contributed by atoms with Crippen LogP contribution in [0.15, 0.2) is 48.5 Å². The van der Waals surface area contributed by atoms with Crippen LogP contribution in [0.3, 0.4) is 0 Å². The predicted molar refractivity (Wildman–Crippen MR) is 77.9 cm³/mol. The van der Waals surface area contributed by atoms with Gasteiger partial charge in [-0.1, -0.05) is 36.4 Å². The molecule has 2 aromatic rings. The molecule has 0 aliphatic rings. The molecule has 108 valence electrons. The Kier molecular flexibility index (Phi) is 4.30. The van der Waals surface area contributed by atoms with Gasteiger partial charge in [-0.3, -0.25) is 14.9 Å². The summed E-state index contributed by atoms with van der Waals surface area (Å²) in [4.78, 5) is 22.4. The average molecular weight is 286 g/mol. The summed E-state index contributed by atoms with van der Waals surface area (Å²) in [5.41, 5.74) is 1.03. The van der Waals surface area contributed by atoms with Gasteiger partial charge in [0.1, 0.15) is 0 Å². The fraction of sp³-hybridized carbons (Fsp3) is 0.133. The van der Waals surface area contributed by atoms with Gasteiger partial charge in [0.2, 0.25) is 0 Å². The highest BCUT2D eigenvalue weighted by Gasteiger charge is 2.20. The zero-order valence-electron chi connectivity index (χ0n) is 11.3. The van der Waals surface area contributed by atoms with Gasteiger partial charge in [-0.25, -0.2) is 0 Å². The number of hydrogen-bond acceptors (Lipinski definition) is 4. The van der Waals surface area contributed by atoms with Crippen molar-refractivity contribution in [1.29, 1.82) is 0 Å². The molecule has 2 aromatic carbocycles. The van der Waals surface area contributed by atoms with Crippen LogP contribution in [0.2, 0.25) is 0 Å². The maximum absolute atomic E-state index is 12.0. The van der Waals surface area contributed by atoms with Crippen LogP contribution in [0.5, 0.6) is 0 Å². The molecular weight excluding hydrogens is 272 g/mol. The number of benzene rings is 2. The van der Waals surface area contributed by atoms with Crippen LogP contribution in [-0.4, -0.2) is 15.9 Å². The van der Waals surface area contributed by atoms with Crippen LogP contribution in [0, 0.1) is 17.0 Å². The van der Waals surface area contributed by atoms with E-state index in [4.69, 9.17) is 0 Å². The summed E-state index contributed by atoms with van der Waals surface area (Å²) in [6, 6.07) is 12.9. The number of rotatable bonds is 4. The van der Waals surface area contributed by atoms with Gasteiger partial charge in [-0.15, -0.1) is 0 Å². The Balaban J connectivity index is 2.21. The molecule has 2 rings (SSSR count). The van der Waals surface area contributed by atoms with E-state index in [0.717, 1.165) is 0 Å². The third kappa shape index (κ3) is 3.24. The van der Waals surface area contributed by atoms with E-state index in [1.807, 2.05) is 0 Å². The highest BCUT2D eigenvalue weighted by molar-refractivity contribution is 5.95. The van der Waals surface area contributed by atoms with Crippen molar-refractivity contribution in [2.24, 2.45) is 0 Å². The lowest BCUT2D eigenvalue weighted by Crippen LogP contribution is -2.21. The minimum Gasteiger partial charge on any atom is -0.378 e. The van der Waals surface area contributed by atoms with E-state index in [2.05, 4.69) is 5.32 Å². The van der Waals surface area contributed by atoms with Gasteiger partial charge in [-0.2, -0.15) is 0 Å². The Morgan fingerprint density at radius 3 is 2.48 bits per heavy atom. The maximum Gasteiger partial charge on any atom is 0.274 e. The van der Waals surface area contributed by atoms with Crippen LogP contribution >= 0.6 is 0 Å². The zero-order chi connectivity index (χ0) is 15.4. The van der Waals surface area contributed by atoms with Crippen LogP contribution in [-0.2, 0) is 4.79 Å². The molecule has 0 saturated heterocycles. The SMILES string of the molecule is Cc1c(NC(=O)C(O)c2ccccc2)cccc1[N+](=O)[O-]. The lowest BCUT2D eigenvalue weighted by atomic mass is 10.1. The van der Waals surface area contributed by atoms with Gasteiger partial charge < -0.3 is 10.4 Å². The molecule has 1 atom stereocenters. The molecule has 2 N–H and O–H groups in total. The normalized spacial score (nSPS) is 11.7. The topological polar surface area (TPSA) is 92.5 Å². The summed E-state index contributed by atoms with van der Waals surface area (Å²) < 4.78 is 0. The highest BCUT2D eigenvalue weighted by Crippen LogP contribution is 2.26. The summed E-state index contributed by atoms with van der Waals surface area (Å²) in [7, 11) is 0. The predicted octanol–water partition coefficient (Wildman–Crippen LogP) is 2.58. The Morgan fingerprint density at radius 2 is 1.86 bits per heavy atom. The Bertz CT molecular complexity index is 671. The van der Waals surface area contributed by atoms with Crippen LogP contribution in [0.25, 0.3) is 0 Å². The molecule has 6 heteroatoms. The van der Waals surface area contributed by atoms with Gasteiger partial charge in [0.25, 0.3) is 11.6 Å². The average Bonchev–Trinajstić information content (AvgIpc) is 2.49. The third-order valence-corrected chi connectivity index (χ3v) is 3.12. The molecule has 1 unspecified atom stereocenters. The van der Waals surface area contributed by atoms with E-state index in [0.29, 0.717) is 16.8 Å². The van der Waals surface area contributed by atoms with E-state index in [1.54, 1.807) is 43.3 Å². The first-order valence-electron chi connectivity index (χ1n) is 6.28. The summed E-state index contributed by atoms with van der Waals surface area (Å²) in [5.74, 6) is -0.634. The second-order valence-electron chi connectivity index (χ2n) is 4.51. The molecule has 0 fully saturated rings. The van der Waals surface area contributed by atoms with Crippen molar-refractivity contribution in [3.05, 3.63) is 69.8 Å². The molecule has 6 nitrogen and oxygen atoms in total. The number of carbonyl (C=O) groups excluding carboxylic acids is 1. The van der Waals surface area contributed by atoms with E-state index in [9.17, 15) is 20.0 Å². The smallest absolute Gasteiger partial charge is 0.274 e. The van der Waals surface area contributed by atoms with E-state index >= 15 is 0 Å². The molecule has 0 spiro atoms. The molecule has 0 saturated carbocycles. The molecule has 0 bridgehead atoms. The van der Waals surface area contributed by atoms with Gasteiger partial charge in [-0.05, 0) is 18.6 Å². The van der Waals surface area contributed by atoms with Crippen molar-refractivity contribution in [2.45, 2.75) is 13.0 Å². The summed E-state index contributed by atoms with van der Waals surface area (Å²) in [6.45, 7) is 1.54. The minimum atomic E-state index is -1.33. The van der Waals surface area contributed by atoms with Crippen molar-refractivity contribution < 1.29 is 14.8 Å². The Morgan fingerprint density at radius 1 is 1.19 bits per heavy atom. The zero-order valence-corrected chi connectivity index (χ0v) is 11.3.